The van der Waals surface area contributed by atoms with Crippen LogP contribution in [0.15, 0.2) is 24.3 Å². The summed E-state index contributed by atoms with van der Waals surface area (Å²) in [6.07, 6.45) is 6.98. The molecule has 0 bridgehead atoms. The number of ether oxygens (including phenoxy) is 2. The van der Waals surface area contributed by atoms with Crippen molar-refractivity contribution in [3.63, 3.8) is 0 Å². The molecule has 4 nitrogen and oxygen atoms in total. The number of rotatable bonds is 16. The van der Waals surface area contributed by atoms with Crippen molar-refractivity contribution in [2.75, 3.05) is 6.61 Å². The third-order valence-electron chi connectivity index (χ3n) is 5.01. The number of hydrogen-bond donors (Lipinski definition) is 0. The molecule has 7 heteroatoms. The molecule has 0 heterocycles. The molecule has 1 aromatic carbocycles. The van der Waals surface area contributed by atoms with Crippen LogP contribution in [0.3, 0.4) is 0 Å². The molecule has 0 aromatic heterocycles. The second-order valence-corrected chi connectivity index (χ2v) is 7.72. The second-order valence-electron chi connectivity index (χ2n) is 7.72. The first kappa shape index (κ1) is 27.0. The minimum Gasteiger partial charge on any atom is -0.466 e. The molecular formula is C24H35F3O4. The van der Waals surface area contributed by atoms with Crippen LogP contribution in [-0.2, 0) is 31.8 Å². The van der Waals surface area contributed by atoms with Crippen molar-refractivity contribution in [3.05, 3.63) is 35.4 Å². The Kier molecular flexibility index (Phi) is 13.7. The Hall–Kier alpha value is -2.05. The number of benzene rings is 1. The van der Waals surface area contributed by atoms with Crippen LogP contribution in [0.1, 0.15) is 95.1 Å². The summed E-state index contributed by atoms with van der Waals surface area (Å²) in [7, 11) is 0. The molecule has 0 N–H and O–H groups in total. The molecule has 0 fully saturated rings. The van der Waals surface area contributed by atoms with E-state index < -0.39 is 30.3 Å². The maximum Gasteiger partial charge on any atom is 0.416 e. The fourth-order valence-corrected chi connectivity index (χ4v) is 3.20. The van der Waals surface area contributed by atoms with Gasteiger partial charge in [0.15, 0.2) is 0 Å². The van der Waals surface area contributed by atoms with E-state index in [9.17, 15) is 22.8 Å². The fraction of sp³-hybridized carbons (Fsp3) is 0.667. The first-order chi connectivity index (χ1) is 14.8. The van der Waals surface area contributed by atoms with Gasteiger partial charge in [-0.3, -0.25) is 9.59 Å². The van der Waals surface area contributed by atoms with E-state index in [-0.39, 0.29) is 18.4 Å². The monoisotopic (exact) mass is 444 g/mol. The summed E-state index contributed by atoms with van der Waals surface area (Å²) in [5, 5.41) is 0. The van der Waals surface area contributed by atoms with Crippen molar-refractivity contribution >= 4 is 11.9 Å². The van der Waals surface area contributed by atoms with Crippen molar-refractivity contribution in [3.8, 4) is 0 Å². The summed E-state index contributed by atoms with van der Waals surface area (Å²) < 4.78 is 48.7. The number of alkyl halides is 3. The summed E-state index contributed by atoms with van der Waals surface area (Å²) in [6.45, 7) is 2.05. The van der Waals surface area contributed by atoms with E-state index in [1.165, 1.54) is 63.1 Å². The minimum absolute atomic E-state index is 0.119. The van der Waals surface area contributed by atoms with Gasteiger partial charge in [0, 0.05) is 5.56 Å². The third-order valence-corrected chi connectivity index (χ3v) is 5.01. The Morgan fingerprint density at radius 2 is 1.29 bits per heavy atom. The Balaban J connectivity index is 2.07. The Morgan fingerprint density at radius 1 is 0.774 bits per heavy atom. The van der Waals surface area contributed by atoms with Gasteiger partial charge in [-0.25, -0.2) is 0 Å². The lowest BCUT2D eigenvalue weighted by Gasteiger charge is -2.12. The van der Waals surface area contributed by atoms with E-state index in [1.54, 1.807) is 0 Å². The van der Waals surface area contributed by atoms with Crippen molar-refractivity contribution < 1.29 is 32.2 Å². The Bertz CT molecular complexity index is 644. The topological polar surface area (TPSA) is 52.6 Å². The zero-order valence-electron chi connectivity index (χ0n) is 18.5. The Morgan fingerprint density at radius 3 is 1.87 bits per heavy atom. The molecule has 1 aromatic rings. The molecule has 31 heavy (non-hydrogen) atoms. The predicted octanol–water partition coefficient (Wildman–Crippen LogP) is 6.99. The van der Waals surface area contributed by atoms with E-state index >= 15 is 0 Å². The van der Waals surface area contributed by atoms with Gasteiger partial charge < -0.3 is 9.47 Å². The molecule has 0 radical (unpaired) electrons. The van der Waals surface area contributed by atoms with Crippen molar-refractivity contribution in [1.29, 1.82) is 0 Å². The van der Waals surface area contributed by atoms with E-state index in [0.717, 1.165) is 25.3 Å². The van der Waals surface area contributed by atoms with E-state index in [1.807, 2.05) is 0 Å². The van der Waals surface area contributed by atoms with Crippen LogP contribution in [0.25, 0.3) is 0 Å². The molecular weight excluding hydrogens is 409 g/mol. The lowest BCUT2D eigenvalue weighted by atomic mass is 10.1. The maximum atomic E-state index is 12.9. The van der Waals surface area contributed by atoms with Gasteiger partial charge in [0.2, 0.25) is 0 Å². The van der Waals surface area contributed by atoms with Gasteiger partial charge in [-0.2, -0.15) is 13.2 Å². The summed E-state index contributed by atoms with van der Waals surface area (Å²) >= 11 is 0. The maximum absolute atomic E-state index is 12.9. The first-order valence-corrected chi connectivity index (χ1v) is 11.3. The minimum atomic E-state index is -4.51. The molecule has 0 saturated carbocycles. The largest absolute Gasteiger partial charge is 0.466 e. The lowest BCUT2D eigenvalue weighted by molar-refractivity contribution is -0.152. The van der Waals surface area contributed by atoms with Gasteiger partial charge in [-0.05, 0) is 12.5 Å². The van der Waals surface area contributed by atoms with Gasteiger partial charge in [0.1, 0.15) is 6.61 Å². The molecule has 0 saturated heterocycles. The van der Waals surface area contributed by atoms with Crippen LogP contribution in [0.5, 0.6) is 0 Å². The molecule has 0 spiro atoms. The zero-order valence-corrected chi connectivity index (χ0v) is 18.5. The summed E-state index contributed by atoms with van der Waals surface area (Å²) in [5.74, 6) is -1.23. The van der Waals surface area contributed by atoms with E-state index in [0.29, 0.717) is 6.61 Å². The molecule has 0 aliphatic rings. The molecule has 0 atom stereocenters. The van der Waals surface area contributed by atoms with Crippen molar-refractivity contribution in [2.45, 2.75) is 96.8 Å². The molecule has 0 unspecified atom stereocenters. The Labute approximate surface area is 183 Å². The van der Waals surface area contributed by atoms with E-state index in [2.05, 4.69) is 6.92 Å². The number of esters is 2. The van der Waals surface area contributed by atoms with Gasteiger partial charge in [-0.1, -0.05) is 82.9 Å². The zero-order chi connectivity index (χ0) is 23.0. The fourth-order valence-electron chi connectivity index (χ4n) is 3.20. The lowest BCUT2D eigenvalue weighted by Crippen LogP contribution is -2.13. The normalized spacial score (nSPS) is 11.4. The number of carbonyl (C=O) groups is 2. The molecule has 176 valence electrons. The second kappa shape index (κ2) is 15.7. The highest BCUT2D eigenvalue weighted by Gasteiger charge is 2.33. The highest BCUT2D eigenvalue weighted by molar-refractivity contribution is 5.77. The molecule has 0 aliphatic heterocycles. The highest BCUT2D eigenvalue weighted by Crippen LogP contribution is 2.32. The molecule has 0 aliphatic carbocycles. The van der Waals surface area contributed by atoms with Crippen LogP contribution >= 0.6 is 0 Å². The van der Waals surface area contributed by atoms with Crippen LogP contribution in [0.4, 0.5) is 13.2 Å². The van der Waals surface area contributed by atoms with Crippen molar-refractivity contribution in [2.24, 2.45) is 0 Å². The van der Waals surface area contributed by atoms with Crippen LogP contribution in [-0.4, -0.2) is 18.5 Å². The van der Waals surface area contributed by atoms with Crippen LogP contribution in [0.2, 0.25) is 0 Å². The van der Waals surface area contributed by atoms with Crippen LogP contribution in [0, 0.1) is 0 Å². The van der Waals surface area contributed by atoms with Crippen molar-refractivity contribution in [1.82, 2.24) is 0 Å². The quantitative estimate of drug-likeness (QED) is 0.204. The number of unbranched alkanes of at least 4 members (excludes halogenated alkanes) is 9. The third kappa shape index (κ3) is 13.1. The standard InChI is InChI=1S/C24H35F3O4/c1-2-3-4-5-6-7-8-9-10-13-18-30-22(28)16-17-23(29)31-19-20-14-11-12-15-21(20)24(25,26)27/h11-12,14-15H,2-10,13,16-19H2,1H3. The number of hydrogen-bond acceptors (Lipinski definition) is 4. The highest BCUT2D eigenvalue weighted by atomic mass is 19.4. The van der Waals surface area contributed by atoms with Gasteiger partial charge in [-0.15, -0.1) is 0 Å². The average Bonchev–Trinajstić information content (AvgIpc) is 2.74. The SMILES string of the molecule is CCCCCCCCCCCCOC(=O)CCC(=O)OCc1ccccc1C(F)(F)F. The molecule has 1 rings (SSSR count). The molecule has 0 amide bonds. The van der Waals surface area contributed by atoms with Gasteiger partial charge >= 0.3 is 18.1 Å². The number of halogens is 3. The average molecular weight is 445 g/mol. The first-order valence-electron chi connectivity index (χ1n) is 11.3. The van der Waals surface area contributed by atoms with Crippen LogP contribution < -0.4 is 0 Å². The summed E-state index contributed by atoms with van der Waals surface area (Å²) in [6, 6.07) is 4.92. The van der Waals surface area contributed by atoms with Gasteiger partial charge in [0.05, 0.1) is 25.0 Å². The van der Waals surface area contributed by atoms with Gasteiger partial charge in [0.25, 0.3) is 0 Å². The predicted molar refractivity (Wildman–Crippen MR) is 113 cm³/mol. The summed E-state index contributed by atoms with van der Waals surface area (Å²) in [5.41, 5.74) is -0.953. The number of carbonyl (C=O) groups excluding carboxylic acids is 2. The smallest absolute Gasteiger partial charge is 0.416 e. The summed E-state index contributed by atoms with van der Waals surface area (Å²) in [4.78, 5) is 23.4. The van der Waals surface area contributed by atoms with E-state index in [4.69, 9.17) is 9.47 Å².